The first-order valence-corrected chi connectivity index (χ1v) is 4.87. The minimum Gasteiger partial charge on any atom is -0.303 e. The lowest BCUT2D eigenvalue weighted by atomic mass is 9.97. The van der Waals surface area contributed by atoms with Crippen molar-refractivity contribution in [3.8, 4) is 0 Å². The molecule has 0 saturated carbocycles. The van der Waals surface area contributed by atoms with Crippen molar-refractivity contribution in [2.45, 2.75) is 26.7 Å². The average Bonchev–Trinajstić information content (AvgIpc) is 2.19. The molecule has 76 valence electrons. The third-order valence-electron chi connectivity index (χ3n) is 2.44. The van der Waals surface area contributed by atoms with Crippen LogP contribution < -0.4 is 0 Å². The molecule has 1 atom stereocenters. The quantitative estimate of drug-likeness (QED) is 0.673. The maximum absolute atomic E-state index is 12.9. The summed E-state index contributed by atoms with van der Waals surface area (Å²) in [5.74, 6) is -0.132. The van der Waals surface area contributed by atoms with E-state index in [4.69, 9.17) is 0 Å². The third kappa shape index (κ3) is 2.66. The van der Waals surface area contributed by atoms with Crippen molar-refractivity contribution in [1.82, 2.24) is 0 Å². The molecule has 0 N–H and O–H groups in total. The largest absolute Gasteiger partial charge is 0.303 e. The molecule has 0 amide bonds. The number of benzene rings is 1. The summed E-state index contributed by atoms with van der Waals surface area (Å²) in [4.78, 5) is 10.6. The minimum absolute atomic E-state index is 0.0554. The van der Waals surface area contributed by atoms with Gasteiger partial charge in [-0.05, 0) is 37.0 Å². The summed E-state index contributed by atoms with van der Waals surface area (Å²) < 4.78 is 12.9. The van der Waals surface area contributed by atoms with Crippen molar-refractivity contribution >= 4 is 6.29 Å². The first-order chi connectivity index (χ1) is 6.67. The molecule has 1 aromatic rings. The van der Waals surface area contributed by atoms with E-state index in [0.717, 1.165) is 18.3 Å². The molecule has 0 aliphatic carbocycles. The van der Waals surface area contributed by atoms with E-state index in [0.29, 0.717) is 12.0 Å². The Labute approximate surface area is 83.9 Å². The van der Waals surface area contributed by atoms with E-state index < -0.39 is 0 Å². The Morgan fingerprint density at radius 1 is 1.50 bits per heavy atom. The van der Waals surface area contributed by atoms with Gasteiger partial charge >= 0.3 is 0 Å². The van der Waals surface area contributed by atoms with E-state index in [2.05, 4.69) is 0 Å². The summed E-state index contributed by atoms with van der Waals surface area (Å²) in [5, 5.41) is 0. The number of hydrogen-bond donors (Lipinski definition) is 0. The molecule has 0 saturated heterocycles. The topological polar surface area (TPSA) is 17.1 Å². The van der Waals surface area contributed by atoms with Crippen LogP contribution in [0.5, 0.6) is 0 Å². The van der Waals surface area contributed by atoms with Gasteiger partial charge in [-0.15, -0.1) is 0 Å². The second-order valence-corrected chi connectivity index (χ2v) is 3.59. The molecule has 14 heavy (non-hydrogen) atoms. The molecule has 1 unspecified atom stereocenters. The second kappa shape index (κ2) is 4.89. The van der Waals surface area contributed by atoms with Gasteiger partial charge in [-0.3, -0.25) is 0 Å². The second-order valence-electron chi connectivity index (χ2n) is 3.59. The van der Waals surface area contributed by atoms with Crippen molar-refractivity contribution in [3.63, 3.8) is 0 Å². The van der Waals surface area contributed by atoms with Gasteiger partial charge in [0.05, 0.1) is 0 Å². The molecular weight excluding hydrogens is 179 g/mol. The molecule has 0 aromatic heterocycles. The Morgan fingerprint density at radius 2 is 2.21 bits per heavy atom. The zero-order chi connectivity index (χ0) is 10.6. The van der Waals surface area contributed by atoms with Crippen molar-refractivity contribution in [1.29, 1.82) is 0 Å². The van der Waals surface area contributed by atoms with Crippen molar-refractivity contribution in [2.75, 3.05) is 0 Å². The molecule has 0 heterocycles. The van der Waals surface area contributed by atoms with Crippen LogP contribution in [0, 0.1) is 18.7 Å². The highest BCUT2D eigenvalue weighted by Crippen LogP contribution is 2.14. The highest BCUT2D eigenvalue weighted by atomic mass is 19.1. The standard InChI is InChI=1S/C12H15FO/c1-3-10(8-14)7-11-4-5-12(13)9(2)6-11/h4-6,8,10H,3,7H2,1-2H3. The van der Waals surface area contributed by atoms with Crippen LogP contribution in [-0.2, 0) is 11.2 Å². The van der Waals surface area contributed by atoms with Crippen LogP contribution in [0.1, 0.15) is 24.5 Å². The Hall–Kier alpha value is -1.18. The third-order valence-corrected chi connectivity index (χ3v) is 2.44. The average molecular weight is 194 g/mol. The molecule has 1 nitrogen and oxygen atoms in total. The molecular formula is C12H15FO. The first kappa shape index (κ1) is 10.9. The monoisotopic (exact) mass is 194 g/mol. The van der Waals surface area contributed by atoms with Gasteiger partial charge in [0.25, 0.3) is 0 Å². The summed E-state index contributed by atoms with van der Waals surface area (Å²) in [5.41, 5.74) is 1.67. The number of carbonyl (C=O) groups is 1. The molecule has 0 bridgehead atoms. The maximum Gasteiger partial charge on any atom is 0.126 e. The number of rotatable bonds is 4. The lowest BCUT2D eigenvalue weighted by Gasteiger charge is -2.07. The van der Waals surface area contributed by atoms with E-state index in [-0.39, 0.29) is 11.7 Å². The van der Waals surface area contributed by atoms with E-state index >= 15 is 0 Å². The molecule has 0 radical (unpaired) electrons. The Kier molecular flexibility index (Phi) is 3.81. The van der Waals surface area contributed by atoms with Crippen LogP contribution in [0.4, 0.5) is 4.39 Å². The fraction of sp³-hybridized carbons (Fsp3) is 0.417. The van der Waals surface area contributed by atoms with E-state index in [1.165, 1.54) is 6.07 Å². The van der Waals surface area contributed by atoms with Gasteiger partial charge in [-0.25, -0.2) is 4.39 Å². The molecule has 1 aromatic carbocycles. The van der Waals surface area contributed by atoms with Gasteiger partial charge in [0, 0.05) is 5.92 Å². The van der Waals surface area contributed by atoms with Crippen LogP contribution in [0.2, 0.25) is 0 Å². The Balaban J connectivity index is 2.76. The number of aldehydes is 1. The fourth-order valence-electron chi connectivity index (χ4n) is 1.43. The highest BCUT2D eigenvalue weighted by Gasteiger charge is 2.06. The van der Waals surface area contributed by atoms with Crippen LogP contribution >= 0.6 is 0 Å². The van der Waals surface area contributed by atoms with E-state index in [1.807, 2.05) is 13.0 Å². The molecule has 0 aliphatic heterocycles. The van der Waals surface area contributed by atoms with Gasteiger partial charge < -0.3 is 4.79 Å². The van der Waals surface area contributed by atoms with E-state index in [1.54, 1.807) is 13.0 Å². The smallest absolute Gasteiger partial charge is 0.126 e. The number of hydrogen-bond acceptors (Lipinski definition) is 1. The maximum atomic E-state index is 12.9. The fourth-order valence-corrected chi connectivity index (χ4v) is 1.43. The lowest BCUT2D eigenvalue weighted by Crippen LogP contribution is -2.04. The zero-order valence-electron chi connectivity index (χ0n) is 8.59. The van der Waals surface area contributed by atoms with Gasteiger partial charge in [0.15, 0.2) is 0 Å². The van der Waals surface area contributed by atoms with Crippen LogP contribution in [0.15, 0.2) is 18.2 Å². The van der Waals surface area contributed by atoms with E-state index in [9.17, 15) is 9.18 Å². The number of halogens is 1. The zero-order valence-corrected chi connectivity index (χ0v) is 8.59. The summed E-state index contributed by atoms with van der Waals surface area (Å²) in [6.07, 6.45) is 2.51. The summed E-state index contributed by atoms with van der Waals surface area (Å²) in [6, 6.07) is 5.01. The van der Waals surface area contributed by atoms with Crippen LogP contribution in [0.3, 0.4) is 0 Å². The molecule has 2 heteroatoms. The summed E-state index contributed by atoms with van der Waals surface area (Å²) in [6.45, 7) is 3.72. The number of carbonyl (C=O) groups excluding carboxylic acids is 1. The highest BCUT2D eigenvalue weighted by molar-refractivity contribution is 5.54. The van der Waals surface area contributed by atoms with Gasteiger partial charge in [0.1, 0.15) is 12.1 Å². The van der Waals surface area contributed by atoms with Crippen molar-refractivity contribution < 1.29 is 9.18 Å². The summed E-state index contributed by atoms with van der Waals surface area (Å²) >= 11 is 0. The molecule has 0 spiro atoms. The van der Waals surface area contributed by atoms with Gasteiger partial charge in [-0.1, -0.05) is 19.1 Å². The SMILES string of the molecule is CCC(C=O)Cc1ccc(F)c(C)c1. The van der Waals surface area contributed by atoms with Crippen molar-refractivity contribution in [3.05, 3.63) is 35.1 Å². The summed E-state index contributed by atoms with van der Waals surface area (Å²) in [7, 11) is 0. The van der Waals surface area contributed by atoms with Crippen LogP contribution in [0.25, 0.3) is 0 Å². The molecule has 0 aliphatic rings. The molecule has 1 rings (SSSR count). The first-order valence-electron chi connectivity index (χ1n) is 4.87. The molecule has 0 fully saturated rings. The predicted octanol–water partition coefficient (Wildman–Crippen LogP) is 2.90. The Morgan fingerprint density at radius 3 is 2.71 bits per heavy atom. The number of aryl methyl sites for hydroxylation is 1. The van der Waals surface area contributed by atoms with Crippen molar-refractivity contribution in [2.24, 2.45) is 5.92 Å². The lowest BCUT2D eigenvalue weighted by molar-refractivity contribution is -0.111. The van der Waals surface area contributed by atoms with Gasteiger partial charge in [0.2, 0.25) is 0 Å². The van der Waals surface area contributed by atoms with Crippen LogP contribution in [-0.4, -0.2) is 6.29 Å². The predicted molar refractivity (Wildman–Crippen MR) is 54.7 cm³/mol. The Bertz CT molecular complexity index is 320. The minimum atomic E-state index is -0.187. The van der Waals surface area contributed by atoms with Gasteiger partial charge in [-0.2, -0.15) is 0 Å². The normalized spacial score (nSPS) is 12.5.